The molecule has 1 saturated carbocycles. The molecule has 2 aromatic carbocycles. The number of nitrogens with one attached hydrogen (secondary N) is 1. The first-order valence-electron chi connectivity index (χ1n) is 9.13. The van der Waals surface area contributed by atoms with Gasteiger partial charge in [0.2, 0.25) is 0 Å². The van der Waals surface area contributed by atoms with Crippen molar-refractivity contribution in [3.63, 3.8) is 0 Å². The zero-order valence-electron chi connectivity index (χ0n) is 14.8. The number of amides is 1. The molecule has 1 N–H and O–H groups in total. The first-order chi connectivity index (χ1) is 12.8. The van der Waals surface area contributed by atoms with Gasteiger partial charge in [-0.25, -0.2) is 4.79 Å². The van der Waals surface area contributed by atoms with Gasteiger partial charge in [-0.15, -0.1) is 0 Å². The molecule has 0 saturated heterocycles. The van der Waals surface area contributed by atoms with Crippen molar-refractivity contribution < 1.29 is 19.0 Å². The summed E-state index contributed by atoms with van der Waals surface area (Å²) in [5.41, 5.74) is 1.02. The standard InChI is InChI=1S/C21H23NO4/c1-24-18-12-6-7-13-19(18)26-21(23)22-20-14-8-2-4-10-16(14)25-17-11-5-3-9-15(17)20/h2,4,6-8,10,12-13,15,17,20H,3,5,9,11H2,1H3,(H,22,23)/t15-,17-,20+/m0/s1. The zero-order valence-corrected chi connectivity index (χ0v) is 14.8. The van der Waals surface area contributed by atoms with Crippen molar-refractivity contribution in [3.05, 3.63) is 54.1 Å². The predicted molar refractivity (Wildman–Crippen MR) is 97.7 cm³/mol. The van der Waals surface area contributed by atoms with Crippen LogP contribution in [0.5, 0.6) is 17.2 Å². The van der Waals surface area contributed by atoms with Crippen LogP contribution in [-0.2, 0) is 0 Å². The van der Waals surface area contributed by atoms with Crippen LogP contribution >= 0.6 is 0 Å². The minimum Gasteiger partial charge on any atom is -0.493 e. The number of hydrogen-bond donors (Lipinski definition) is 1. The van der Waals surface area contributed by atoms with Gasteiger partial charge in [0, 0.05) is 11.5 Å². The highest BCUT2D eigenvalue weighted by Crippen LogP contribution is 2.44. The largest absolute Gasteiger partial charge is 0.493 e. The van der Waals surface area contributed by atoms with E-state index < -0.39 is 6.09 Å². The zero-order chi connectivity index (χ0) is 17.9. The van der Waals surface area contributed by atoms with Gasteiger partial charge < -0.3 is 19.5 Å². The molecule has 0 spiro atoms. The summed E-state index contributed by atoms with van der Waals surface area (Å²) in [7, 11) is 1.56. The van der Waals surface area contributed by atoms with Gasteiger partial charge in [0.05, 0.1) is 13.2 Å². The van der Waals surface area contributed by atoms with Crippen LogP contribution in [0.3, 0.4) is 0 Å². The molecule has 26 heavy (non-hydrogen) atoms. The lowest BCUT2D eigenvalue weighted by Gasteiger charge is -2.42. The van der Waals surface area contributed by atoms with Gasteiger partial charge in [0.1, 0.15) is 11.9 Å². The van der Waals surface area contributed by atoms with Crippen LogP contribution in [0.1, 0.15) is 37.3 Å². The molecule has 1 aliphatic carbocycles. The fourth-order valence-electron chi connectivity index (χ4n) is 4.04. The summed E-state index contributed by atoms with van der Waals surface area (Å²) in [6.45, 7) is 0. The van der Waals surface area contributed by atoms with E-state index in [2.05, 4.69) is 5.32 Å². The topological polar surface area (TPSA) is 56.8 Å². The second-order valence-electron chi connectivity index (χ2n) is 6.80. The lowest BCUT2D eigenvalue weighted by Crippen LogP contribution is -2.46. The van der Waals surface area contributed by atoms with Gasteiger partial charge in [-0.05, 0) is 37.5 Å². The lowest BCUT2D eigenvalue weighted by atomic mass is 9.77. The first-order valence-corrected chi connectivity index (χ1v) is 9.13. The first kappa shape index (κ1) is 16.8. The number of carbonyl (C=O) groups is 1. The van der Waals surface area contributed by atoms with Crippen LogP contribution in [0, 0.1) is 5.92 Å². The molecule has 5 heteroatoms. The minimum absolute atomic E-state index is 0.104. The van der Waals surface area contributed by atoms with E-state index in [-0.39, 0.29) is 18.1 Å². The van der Waals surface area contributed by atoms with Gasteiger partial charge in [0.25, 0.3) is 0 Å². The van der Waals surface area contributed by atoms with Crippen molar-refractivity contribution in [2.75, 3.05) is 7.11 Å². The number of rotatable bonds is 3. The molecule has 3 atom stereocenters. The van der Waals surface area contributed by atoms with Crippen LogP contribution in [0.25, 0.3) is 0 Å². The Bertz CT molecular complexity index is 791. The molecule has 2 aliphatic rings. The Morgan fingerprint density at radius 1 is 1.04 bits per heavy atom. The van der Waals surface area contributed by atoms with Crippen LogP contribution < -0.4 is 19.5 Å². The quantitative estimate of drug-likeness (QED) is 0.884. The fourth-order valence-corrected chi connectivity index (χ4v) is 4.04. The number of methoxy groups -OCH3 is 1. The summed E-state index contributed by atoms with van der Waals surface area (Å²) in [6, 6.07) is 15.0. The number of benzene rings is 2. The average Bonchev–Trinajstić information content (AvgIpc) is 2.68. The molecule has 1 aliphatic heterocycles. The Hall–Kier alpha value is -2.69. The lowest BCUT2D eigenvalue weighted by molar-refractivity contribution is 0.0474. The van der Waals surface area contributed by atoms with Crippen molar-refractivity contribution in [1.29, 1.82) is 0 Å². The molecule has 1 fully saturated rings. The molecule has 0 unspecified atom stereocenters. The number of para-hydroxylation sites is 3. The molecular weight excluding hydrogens is 330 g/mol. The smallest absolute Gasteiger partial charge is 0.413 e. The number of carbonyl (C=O) groups excluding carboxylic acids is 1. The average molecular weight is 353 g/mol. The molecule has 136 valence electrons. The molecule has 5 nitrogen and oxygen atoms in total. The van der Waals surface area contributed by atoms with E-state index in [0.29, 0.717) is 11.5 Å². The molecule has 1 heterocycles. The van der Waals surface area contributed by atoms with Gasteiger partial charge in [-0.3, -0.25) is 0 Å². The highest BCUT2D eigenvalue weighted by atomic mass is 16.6. The highest BCUT2D eigenvalue weighted by Gasteiger charge is 2.40. The molecule has 1 amide bonds. The highest BCUT2D eigenvalue weighted by molar-refractivity contribution is 5.72. The van der Waals surface area contributed by atoms with Crippen LogP contribution in [0.15, 0.2) is 48.5 Å². The fraction of sp³-hybridized carbons (Fsp3) is 0.381. The third-order valence-corrected chi connectivity index (χ3v) is 5.26. The molecule has 2 aromatic rings. The number of fused-ring (bicyclic) bond motifs is 2. The molecular formula is C21H23NO4. The van der Waals surface area contributed by atoms with Crippen molar-refractivity contribution in [2.45, 2.75) is 37.8 Å². The van der Waals surface area contributed by atoms with E-state index in [0.717, 1.165) is 30.6 Å². The summed E-state index contributed by atoms with van der Waals surface area (Å²) in [5.74, 6) is 2.07. The summed E-state index contributed by atoms with van der Waals surface area (Å²) >= 11 is 0. The Morgan fingerprint density at radius 2 is 1.77 bits per heavy atom. The maximum Gasteiger partial charge on any atom is 0.413 e. The Morgan fingerprint density at radius 3 is 2.62 bits per heavy atom. The normalized spacial score (nSPS) is 23.8. The molecule has 4 rings (SSSR count). The predicted octanol–water partition coefficient (Wildman–Crippen LogP) is 4.48. The summed E-state index contributed by atoms with van der Waals surface area (Å²) < 4.78 is 17.0. The molecule has 0 bridgehead atoms. The van der Waals surface area contributed by atoms with Gasteiger partial charge in [0.15, 0.2) is 11.5 Å². The second-order valence-corrected chi connectivity index (χ2v) is 6.80. The third kappa shape index (κ3) is 3.21. The van der Waals surface area contributed by atoms with Gasteiger partial charge in [-0.1, -0.05) is 36.8 Å². The van der Waals surface area contributed by atoms with Crippen LogP contribution in [-0.4, -0.2) is 19.3 Å². The Kier molecular flexibility index (Phi) is 4.69. The van der Waals surface area contributed by atoms with E-state index in [9.17, 15) is 4.79 Å². The Labute approximate surface area is 153 Å². The number of ether oxygens (including phenoxy) is 3. The van der Waals surface area contributed by atoms with Gasteiger partial charge in [-0.2, -0.15) is 0 Å². The minimum atomic E-state index is -0.472. The van der Waals surface area contributed by atoms with Gasteiger partial charge >= 0.3 is 6.09 Å². The summed E-state index contributed by atoms with van der Waals surface area (Å²) in [5, 5.41) is 3.08. The monoisotopic (exact) mass is 353 g/mol. The van der Waals surface area contributed by atoms with E-state index in [4.69, 9.17) is 14.2 Å². The number of hydrogen-bond acceptors (Lipinski definition) is 4. The molecule has 0 aromatic heterocycles. The van der Waals surface area contributed by atoms with Crippen molar-refractivity contribution in [3.8, 4) is 17.2 Å². The van der Waals surface area contributed by atoms with Crippen molar-refractivity contribution in [1.82, 2.24) is 5.32 Å². The SMILES string of the molecule is COc1ccccc1OC(=O)N[C@@H]1c2ccccc2O[C@H]2CCCC[C@@H]21. The van der Waals surface area contributed by atoms with Crippen LogP contribution in [0.2, 0.25) is 0 Å². The van der Waals surface area contributed by atoms with E-state index in [1.165, 1.54) is 6.42 Å². The van der Waals surface area contributed by atoms with Crippen LogP contribution in [0.4, 0.5) is 4.79 Å². The Balaban J connectivity index is 1.56. The second kappa shape index (κ2) is 7.28. The maximum atomic E-state index is 12.6. The van der Waals surface area contributed by atoms with Crippen molar-refractivity contribution in [2.24, 2.45) is 5.92 Å². The maximum absolute atomic E-state index is 12.6. The summed E-state index contributed by atoms with van der Waals surface area (Å²) in [4.78, 5) is 12.6. The van der Waals surface area contributed by atoms with E-state index >= 15 is 0 Å². The molecule has 0 radical (unpaired) electrons. The third-order valence-electron chi connectivity index (χ3n) is 5.26. The van der Waals surface area contributed by atoms with E-state index in [1.807, 2.05) is 36.4 Å². The van der Waals surface area contributed by atoms with E-state index in [1.54, 1.807) is 19.2 Å². The van der Waals surface area contributed by atoms with Crippen molar-refractivity contribution >= 4 is 6.09 Å². The summed E-state index contributed by atoms with van der Waals surface area (Å²) in [6.07, 6.45) is 4.07.